The van der Waals surface area contributed by atoms with Gasteiger partial charge in [0.25, 0.3) is 0 Å². The number of aliphatic hydroxyl groups excluding tert-OH is 1. The highest BCUT2D eigenvalue weighted by Gasteiger charge is 2.60. The molecule has 2 heteroatoms. The fourth-order valence-electron chi connectivity index (χ4n) is 8.33. The number of hydrogen-bond donors (Lipinski definition) is 1. The van der Waals surface area contributed by atoms with Crippen molar-refractivity contribution < 1.29 is 9.84 Å². The molecular weight excluding hydrogens is 368 g/mol. The van der Waals surface area contributed by atoms with Crippen LogP contribution >= 0.6 is 0 Å². The lowest BCUT2D eigenvalue weighted by Crippen LogP contribution is -2.53. The predicted octanol–water partition coefficient (Wildman–Crippen LogP) is 6.87. The number of rotatable bonds is 3. The van der Waals surface area contributed by atoms with Crippen molar-refractivity contribution in [2.45, 2.75) is 84.7 Å². The summed E-state index contributed by atoms with van der Waals surface area (Å²) in [6.07, 6.45) is 14.2. The van der Waals surface area contributed by atoms with Crippen LogP contribution < -0.4 is 4.74 Å². The van der Waals surface area contributed by atoms with Crippen molar-refractivity contribution in [2.24, 2.45) is 34.5 Å². The van der Waals surface area contributed by atoms with Crippen LogP contribution in [0.15, 0.2) is 29.8 Å². The SMILES string of the molecule is CCOc1ccc(/C=C2/C[C@@H]3[C@H]4CC[C@H]5CCCC[C@]5(C)[C@@H]4CC[C@@]3(C)[C@@H]2O)cc1. The highest BCUT2D eigenvalue weighted by atomic mass is 16.5. The summed E-state index contributed by atoms with van der Waals surface area (Å²) in [5.41, 5.74) is 3.09. The molecule has 0 heterocycles. The van der Waals surface area contributed by atoms with Gasteiger partial charge < -0.3 is 9.84 Å². The van der Waals surface area contributed by atoms with E-state index in [0.29, 0.717) is 17.9 Å². The Labute approximate surface area is 183 Å². The van der Waals surface area contributed by atoms with E-state index < -0.39 is 0 Å². The van der Waals surface area contributed by atoms with Crippen LogP contribution in [0.4, 0.5) is 0 Å². The minimum Gasteiger partial charge on any atom is -0.494 e. The van der Waals surface area contributed by atoms with Gasteiger partial charge in [-0.15, -0.1) is 0 Å². The quantitative estimate of drug-likeness (QED) is 0.591. The molecule has 4 aliphatic rings. The summed E-state index contributed by atoms with van der Waals surface area (Å²) in [6.45, 7) is 7.74. The third-order valence-electron chi connectivity index (χ3n) is 10.00. The zero-order valence-corrected chi connectivity index (χ0v) is 19.2. The lowest BCUT2D eigenvalue weighted by atomic mass is 9.45. The van der Waals surface area contributed by atoms with E-state index in [-0.39, 0.29) is 11.5 Å². The zero-order chi connectivity index (χ0) is 20.9. The van der Waals surface area contributed by atoms with Crippen LogP contribution in [0.2, 0.25) is 0 Å². The molecule has 7 atom stereocenters. The first-order valence-corrected chi connectivity index (χ1v) is 12.6. The van der Waals surface area contributed by atoms with Gasteiger partial charge in [-0.2, -0.15) is 0 Å². The Morgan fingerprint density at radius 2 is 1.77 bits per heavy atom. The second kappa shape index (κ2) is 7.69. The number of ether oxygens (including phenoxy) is 1. The van der Waals surface area contributed by atoms with Crippen molar-refractivity contribution in [2.75, 3.05) is 6.61 Å². The molecular formula is C28H40O2. The number of aliphatic hydroxyl groups is 1. The highest BCUT2D eigenvalue weighted by molar-refractivity contribution is 5.56. The topological polar surface area (TPSA) is 29.5 Å². The van der Waals surface area contributed by atoms with Crippen molar-refractivity contribution in [3.05, 3.63) is 35.4 Å². The van der Waals surface area contributed by atoms with Crippen molar-refractivity contribution in [1.29, 1.82) is 0 Å². The van der Waals surface area contributed by atoms with Gasteiger partial charge in [0, 0.05) is 5.41 Å². The normalized spacial score (nSPS) is 44.3. The Bertz CT molecular complexity index is 795. The molecule has 0 saturated heterocycles. The van der Waals surface area contributed by atoms with Gasteiger partial charge in [0.05, 0.1) is 12.7 Å². The van der Waals surface area contributed by atoms with E-state index in [4.69, 9.17) is 4.74 Å². The first-order chi connectivity index (χ1) is 14.5. The molecule has 164 valence electrons. The molecule has 0 amide bonds. The van der Waals surface area contributed by atoms with Crippen LogP contribution in [-0.4, -0.2) is 17.8 Å². The molecule has 2 nitrogen and oxygen atoms in total. The summed E-state index contributed by atoms with van der Waals surface area (Å²) in [7, 11) is 0. The number of hydrogen-bond acceptors (Lipinski definition) is 2. The van der Waals surface area contributed by atoms with Gasteiger partial charge in [-0.05, 0) is 104 Å². The highest BCUT2D eigenvalue weighted by Crippen LogP contribution is 2.67. The van der Waals surface area contributed by atoms with Crippen molar-refractivity contribution in [3.8, 4) is 5.75 Å². The largest absolute Gasteiger partial charge is 0.494 e. The molecule has 5 rings (SSSR count). The second-order valence-corrected chi connectivity index (χ2v) is 11.3. The molecule has 0 aromatic heterocycles. The maximum atomic E-state index is 11.4. The van der Waals surface area contributed by atoms with Crippen LogP contribution in [0, 0.1) is 34.5 Å². The number of fused-ring (bicyclic) bond motifs is 5. The average Bonchev–Trinajstić information content (AvgIpc) is 3.00. The molecule has 1 aromatic rings. The smallest absolute Gasteiger partial charge is 0.119 e. The summed E-state index contributed by atoms with van der Waals surface area (Å²) in [6, 6.07) is 8.36. The van der Waals surface area contributed by atoms with Crippen LogP contribution in [0.1, 0.15) is 84.1 Å². The Morgan fingerprint density at radius 1 is 0.967 bits per heavy atom. The molecule has 1 aromatic carbocycles. The summed E-state index contributed by atoms with van der Waals surface area (Å²) in [5.74, 6) is 4.23. The molecule has 4 fully saturated rings. The second-order valence-electron chi connectivity index (χ2n) is 11.3. The molecule has 0 bridgehead atoms. The Hall–Kier alpha value is -1.28. The number of benzene rings is 1. The third kappa shape index (κ3) is 3.17. The van der Waals surface area contributed by atoms with Crippen molar-refractivity contribution in [3.63, 3.8) is 0 Å². The Kier molecular flexibility index (Phi) is 5.29. The van der Waals surface area contributed by atoms with E-state index in [1.165, 1.54) is 62.5 Å². The van der Waals surface area contributed by atoms with Gasteiger partial charge in [0.15, 0.2) is 0 Å². The Morgan fingerprint density at radius 3 is 2.53 bits per heavy atom. The van der Waals surface area contributed by atoms with Gasteiger partial charge in [-0.1, -0.05) is 44.9 Å². The van der Waals surface area contributed by atoms with Gasteiger partial charge in [0.2, 0.25) is 0 Å². The third-order valence-corrected chi connectivity index (χ3v) is 10.00. The van der Waals surface area contributed by atoms with E-state index in [1.54, 1.807) is 0 Å². The minimum atomic E-state index is -0.285. The van der Waals surface area contributed by atoms with E-state index in [2.05, 4.69) is 32.1 Å². The van der Waals surface area contributed by atoms with Gasteiger partial charge in [0.1, 0.15) is 5.75 Å². The van der Waals surface area contributed by atoms with E-state index >= 15 is 0 Å². The fraction of sp³-hybridized carbons (Fsp3) is 0.714. The molecule has 30 heavy (non-hydrogen) atoms. The van der Waals surface area contributed by atoms with Crippen molar-refractivity contribution in [1.82, 2.24) is 0 Å². The lowest BCUT2D eigenvalue weighted by molar-refractivity contribution is -0.119. The first kappa shape index (κ1) is 20.6. The van der Waals surface area contributed by atoms with E-state index in [0.717, 1.165) is 29.9 Å². The maximum Gasteiger partial charge on any atom is 0.119 e. The molecule has 4 saturated carbocycles. The minimum absolute atomic E-state index is 0.0656. The molecule has 0 aliphatic heterocycles. The van der Waals surface area contributed by atoms with E-state index in [9.17, 15) is 5.11 Å². The van der Waals surface area contributed by atoms with Crippen LogP contribution in [0.25, 0.3) is 6.08 Å². The van der Waals surface area contributed by atoms with Crippen molar-refractivity contribution >= 4 is 6.08 Å². The summed E-state index contributed by atoms with van der Waals surface area (Å²) < 4.78 is 5.59. The molecule has 0 spiro atoms. The van der Waals surface area contributed by atoms with Crippen LogP contribution in [-0.2, 0) is 0 Å². The monoisotopic (exact) mass is 408 g/mol. The molecule has 0 radical (unpaired) electrons. The van der Waals surface area contributed by atoms with Gasteiger partial charge in [-0.3, -0.25) is 0 Å². The Balaban J connectivity index is 1.40. The lowest BCUT2D eigenvalue weighted by Gasteiger charge is -2.60. The molecule has 4 aliphatic carbocycles. The maximum absolute atomic E-state index is 11.4. The predicted molar refractivity (Wildman–Crippen MR) is 123 cm³/mol. The molecule has 0 unspecified atom stereocenters. The van der Waals surface area contributed by atoms with Crippen LogP contribution in [0.3, 0.4) is 0 Å². The fourth-order valence-corrected chi connectivity index (χ4v) is 8.33. The van der Waals surface area contributed by atoms with Crippen LogP contribution in [0.5, 0.6) is 5.75 Å². The van der Waals surface area contributed by atoms with Gasteiger partial charge >= 0.3 is 0 Å². The van der Waals surface area contributed by atoms with E-state index in [1.807, 2.05) is 19.1 Å². The summed E-state index contributed by atoms with van der Waals surface area (Å²) >= 11 is 0. The standard InChI is InChI=1S/C28H40O2/c1-4-30-22-11-8-19(9-12-22)17-20-18-25-23-13-10-21-7-5-6-15-27(21,2)24(23)14-16-28(25,3)26(20)29/h8-9,11-12,17,21,23-26,29H,4-7,10,13-16,18H2,1-3H3/b20-17-/t21-,23+,24-,25-,26-,27+,28-/m1/s1. The average molecular weight is 409 g/mol. The van der Waals surface area contributed by atoms with Gasteiger partial charge in [-0.25, -0.2) is 0 Å². The molecule has 1 N–H and O–H groups in total. The zero-order valence-electron chi connectivity index (χ0n) is 19.2. The summed E-state index contributed by atoms with van der Waals surface area (Å²) in [4.78, 5) is 0. The summed E-state index contributed by atoms with van der Waals surface area (Å²) in [5, 5.41) is 11.4. The first-order valence-electron chi connectivity index (χ1n) is 12.6.